The highest BCUT2D eigenvalue weighted by Crippen LogP contribution is 2.26. The molecule has 1 fully saturated rings. The van der Waals surface area contributed by atoms with Crippen LogP contribution in [0.25, 0.3) is 0 Å². The van der Waals surface area contributed by atoms with Crippen LogP contribution in [0.4, 0.5) is 5.82 Å². The summed E-state index contributed by atoms with van der Waals surface area (Å²) in [7, 11) is 0. The van der Waals surface area contributed by atoms with Gasteiger partial charge in [-0.1, -0.05) is 0 Å². The van der Waals surface area contributed by atoms with Crippen molar-refractivity contribution in [2.24, 2.45) is 0 Å². The van der Waals surface area contributed by atoms with E-state index in [-0.39, 0.29) is 43.5 Å². The Morgan fingerprint density at radius 2 is 2.24 bits per heavy atom. The van der Waals surface area contributed by atoms with Crippen molar-refractivity contribution in [1.82, 2.24) is 14.1 Å². The summed E-state index contributed by atoms with van der Waals surface area (Å²) >= 11 is 0.817. The van der Waals surface area contributed by atoms with E-state index in [0.717, 1.165) is 11.7 Å². The minimum absolute atomic E-state index is 0.0185. The van der Waals surface area contributed by atoms with Gasteiger partial charge in [-0.2, -0.15) is 4.37 Å². The Bertz CT molecular complexity index is 607. The van der Waals surface area contributed by atoms with Crippen LogP contribution in [0.3, 0.4) is 0 Å². The molecule has 0 aromatic carbocycles. The molecule has 1 aromatic rings. The molecule has 8 heteroatoms. The predicted octanol–water partition coefficient (Wildman–Crippen LogP) is 0.502. The summed E-state index contributed by atoms with van der Waals surface area (Å²) in [6, 6.07) is 0. The van der Waals surface area contributed by atoms with E-state index in [0.29, 0.717) is 0 Å². The van der Waals surface area contributed by atoms with Crippen LogP contribution in [0.2, 0.25) is 0 Å². The molecule has 0 saturated carbocycles. The van der Waals surface area contributed by atoms with Gasteiger partial charge >= 0.3 is 0 Å². The van der Waals surface area contributed by atoms with E-state index < -0.39 is 19.2 Å². The average molecular weight is 321 g/mol. The first-order valence-electron chi connectivity index (χ1n) is 9.06. The number of β-amino-alcohol motifs (C(OH)–C–C–N with tert-alkyl or cyclic N) is 1. The van der Waals surface area contributed by atoms with Crippen molar-refractivity contribution in [3.05, 3.63) is 0 Å². The molecule has 0 radical (unpaired) electrons. The predicted molar refractivity (Wildman–Crippen MR) is 82.2 cm³/mol. The van der Waals surface area contributed by atoms with E-state index in [2.05, 4.69) is 14.1 Å². The summed E-state index contributed by atoms with van der Waals surface area (Å²) in [5.41, 5.74) is -0.270. The molecule has 0 amide bonds. The topological polar surface area (TPSA) is 79.7 Å². The standard InChI is InChI=1S/C13H24N4O3S/c1-13(2,3)14-8-10(18)9-20-12-11(15-21-16-12)17-4-6-19-7-5-17/h10,14,18H,4-9H2,1-3H3/t10-/m0/s1/i6D2,7D2,10D. The molecular formula is C13H24N4O3S. The van der Waals surface area contributed by atoms with Gasteiger partial charge in [-0.15, -0.1) is 4.37 Å². The highest BCUT2D eigenvalue weighted by Gasteiger charge is 2.21. The molecule has 0 bridgehead atoms. The maximum atomic E-state index is 10.1. The highest BCUT2D eigenvalue weighted by atomic mass is 32.1. The first kappa shape index (κ1) is 10.7. The summed E-state index contributed by atoms with van der Waals surface area (Å²) in [6.45, 7) is 0.442. The van der Waals surface area contributed by atoms with Gasteiger partial charge in [0, 0.05) is 25.2 Å². The van der Waals surface area contributed by atoms with E-state index >= 15 is 0 Å². The average Bonchev–Trinajstić information content (AvgIpc) is 2.88. The van der Waals surface area contributed by atoms with E-state index in [4.69, 9.17) is 16.3 Å². The van der Waals surface area contributed by atoms with Crippen LogP contribution >= 0.6 is 11.7 Å². The van der Waals surface area contributed by atoms with Gasteiger partial charge in [0.2, 0.25) is 5.82 Å². The molecule has 1 saturated heterocycles. The fourth-order valence-corrected chi connectivity index (χ4v) is 2.03. The van der Waals surface area contributed by atoms with Crippen LogP contribution in [-0.4, -0.2) is 64.8 Å². The SMILES string of the molecule is [2H]C1([2H])CN(c2nsnc2OC[C@@]([2H])(O)CNC(C)(C)C)CC([2H])([2H])O1. The quantitative estimate of drug-likeness (QED) is 0.790. The zero-order valence-corrected chi connectivity index (χ0v) is 13.2. The maximum Gasteiger partial charge on any atom is 0.270 e. The van der Waals surface area contributed by atoms with E-state index in [9.17, 15) is 5.11 Å². The fraction of sp³-hybridized carbons (Fsp3) is 0.846. The molecule has 0 unspecified atom stereocenters. The molecular weight excluding hydrogens is 292 g/mol. The van der Waals surface area contributed by atoms with E-state index in [1.54, 1.807) is 0 Å². The number of rotatable bonds is 6. The Morgan fingerprint density at radius 1 is 1.52 bits per heavy atom. The summed E-state index contributed by atoms with van der Waals surface area (Å²) in [6.07, 6.45) is -1.90. The Morgan fingerprint density at radius 3 is 2.90 bits per heavy atom. The monoisotopic (exact) mass is 321 g/mol. The second-order valence-corrected chi connectivity index (χ2v) is 6.13. The molecule has 1 aliphatic rings. The van der Waals surface area contributed by atoms with Crippen LogP contribution in [0.5, 0.6) is 5.88 Å². The number of anilines is 1. The van der Waals surface area contributed by atoms with Crippen molar-refractivity contribution in [1.29, 1.82) is 0 Å². The molecule has 7 nitrogen and oxygen atoms in total. The molecule has 21 heavy (non-hydrogen) atoms. The van der Waals surface area contributed by atoms with Crippen LogP contribution in [0.15, 0.2) is 0 Å². The normalized spacial score (nSPS) is 27.6. The molecule has 0 aliphatic carbocycles. The van der Waals surface area contributed by atoms with Gasteiger partial charge in [0.05, 0.1) is 31.7 Å². The first-order chi connectivity index (χ1) is 11.7. The van der Waals surface area contributed by atoms with Crippen LogP contribution in [-0.2, 0) is 4.74 Å². The Kier molecular flexibility index (Phi) is 3.75. The maximum absolute atomic E-state index is 10.1. The van der Waals surface area contributed by atoms with Gasteiger partial charge in [0.1, 0.15) is 12.7 Å². The third-order valence-corrected chi connectivity index (χ3v) is 3.10. The van der Waals surface area contributed by atoms with Crippen LogP contribution < -0.4 is 15.0 Å². The third kappa shape index (κ3) is 5.39. The summed E-state index contributed by atoms with van der Waals surface area (Å²) in [5.74, 6) is 0.176. The number of ether oxygens (including phenoxy) is 2. The van der Waals surface area contributed by atoms with E-state index in [1.807, 2.05) is 20.8 Å². The smallest absolute Gasteiger partial charge is 0.270 e. The van der Waals surface area contributed by atoms with Crippen molar-refractivity contribution in [3.8, 4) is 5.88 Å². The fourth-order valence-electron chi connectivity index (χ4n) is 1.51. The third-order valence-electron chi connectivity index (χ3n) is 2.60. The van der Waals surface area contributed by atoms with Gasteiger partial charge in [-0.3, -0.25) is 0 Å². The Hall–Kier alpha value is -0.960. The lowest BCUT2D eigenvalue weighted by Gasteiger charge is -2.27. The number of aliphatic hydroxyl groups is 1. The minimum Gasteiger partial charge on any atom is -0.472 e. The van der Waals surface area contributed by atoms with Crippen LogP contribution in [0.1, 0.15) is 27.6 Å². The molecule has 0 spiro atoms. The molecule has 120 valence electrons. The van der Waals surface area contributed by atoms with Crippen molar-refractivity contribution < 1.29 is 21.4 Å². The number of hydrogen-bond acceptors (Lipinski definition) is 8. The number of aromatic nitrogens is 2. The number of hydrogen-bond donors (Lipinski definition) is 2. The number of morpholine rings is 1. The van der Waals surface area contributed by atoms with Crippen molar-refractivity contribution >= 4 is 17.5 Å². The minimum atomic E-state index is -2.20. The highest BCUT2D eigenvalue weighted by molar-refractivity contribution is 6.99. The zero-order chi connectivity index (χ0) is 19.8. The summed E-state index contributed by atoms with van der Waals surface area (Å²) < 4.78 is 56.9. The van der Waals surface area contributed by atoms with Crippen molar-refractivity contribution in [3.63, 3.8) is 0 Å². The Labute approximate surface area is 136 Å². The van der Waals surface area contributed by atoms with Crippen molar-refractivity contribution in [2.75, 3.05) is 44.3 Å². The summed E-state index contributed by atoms with van der Waals surface area (Å²) in [4.78, 5) is 1.35. The lowest BCUT2D eigenvalue weighted by Crippen LogP contribution is -2.42. The van der Waals surface area contributed by atoms with Gasteiger partial charge in [-0.05, 0) is 20.8 Å². The molecule has 2 rings (SSSR count). The molecule has 1 atom stereocenters. The van der Waals surface area contributed by atoms with Gasteiger partial charge in [0.25, 0.3) is 5.88 Å². The first-order valence-corrected chi connectivity index (χ1v) is 7.29. The van der Waals surface area contributed by atoms with Gasteiger partial charge < -0.3 is 24.8 Å². The lowest BCUT2D eigenvalue weighted by molar-refractivity contribution is 0.0975. The zero-order valence-electron chi connectivity index (χ0n) is 17.3. The van der Waals surface area contributed by atoms with Gasteiger partial charge in [0.15, 0.2) is 0 Å². The molecule has 1 aliphatic heterocycles. The number of nitrogens with one attached hydrogen (secondary N) is 1. The summed E-state index contributed by atoms with van der Waals surface area (Å²) in [5, 5.41) is 13.1. The van der Waals surface area contributed by atoms with Crippen LogP contribution in [0, 0.1) is 0 Å². The number of nitrogens with zero attached hydrogens (tertiary/aromatic N) is 3. The molecule has 1 aromatic heterocycles. The van der Waals surface area contributed by atoms with Gasteiger partial charge in [-0.25, -0.2) is 0 Å². The second kappa shape index (κ2) is 7.35. The van der Waals surface area contributed by atoms with E-state index in [1.165, 1.54) is 4.90 Å². The molecule has 2 heterocycles. The largest absolute Gasteiger partial charge is 0.472 e. The van der Waals surface area contributed by atoms with Crippen molar-refractivity contribution in [2.45, 2.75) is 32.4 Å². The molecule has 2 N–H and O–H groups in total. The lowest BCUT2D eigenvalue weighted by atomic mass is 10.1. The second-order valence-electron chi connectivity index (χ2n) is 5.60. The Balaban J connectivity index is 2.04.